The van der Waals surface area contributed by atoms with E-state index >= 15 is 0 Å². The first-order chi connectivity index (χ1) is 23.9. The minimum Gasteiger partial charge on any atom is -0.461 e. The predicted molar refractivity (Wildman–Crippen MR) is 188 cm³/mol. The Hall–Kier alpha value is -3.95. The van der Waals surface area contributed by atoms with Crippen molar-refractivity contribution in [3.63, 3.8) is 0 Å². The lowest BCUT2D eigenvalue weighted by Gasteiger charge is -2.25. The number of ether oxygens (including phenoxy) is 1. The van der Waals surface area contributed by atoms with Gasteiger partial charge >= 0.3 is 13.8 Å². The normalized spacial score (nSPS) is 15.9. The van der Waals surface area contributed by atoms with Gasteiger partial charge in [-0.3, -0.25) is 42.7 Å². The maximum atomic E-state index is 12.8. The Bertz CT molecular complexity index is 1430. The maximum absolute atomic E-state index is 12.8. The second-order valence-corrected chi connectivity index (χ2v) is 14.6. The number of carbonyl (C=O) groups excluding carboxylic acids is 6. The van der Waals surface area contributed by atoms with E-state index in [1.807, 2.05) is 27.7 Å². The van der Waals surface area contributed by atoms with E-state index in [9.17, 15) is 38.2 Å². The average molecular weight is 738 g/mol. The fourth-order valence-corrected chi connectivity index (χ4v) is 5.69. The molecule has 1 aromatic rings. The second kappa shape index (κ2) is 20.8. The largest absolute Gasteiger partial charge is 0.472 e. The quantitative estimate of drug-likeness (QED) is 0.0659. The van der Waals surface area contributed by atoms with Crippen LogP contribution in [-0.4, -0.2) is 90.2 Å². The summed E-state index contributed by atoms with van der Waals surface area (Å²) in [5, 5.41) is 11.1. The van der Waals surface area contributed by atoms with E-state index < -0.39 is 37.8 Å². The van der Waals surface area contributed by atoms with Crippen LogP contribution in [0.15, 0.2) is 36.4 Å². The molecule has 1 aliphatic rings. The lowest BCUT2D eigenvalue weighted by molar-refractivity contribution is -0.155. The van der Waals surface area contributed by atoms with Gasteiger partial charge in [-0.05, 0) is 35.4 Å². The Morgan fingerprint density at radius 3 is 2.00 bits per heavy atom. The SMILES string of the molecule is CNC(=O)C[C@H](OC(=O)C[C@H](OP(=O)(O)OCc1ccc(NC(=O)CNCC(NC(=O)CCN2C(=O)C=CC2=O)C(C)C)cc1)C(C)C)C(C)C. The number of carbonyl (C=O) groups is 6. The summed E-state index contributed by atoms with van der Waals surface area (Å²) in [5.41, 5.74) is 0.987. The lowest BCUT2D eigenvalue weighted by atomic mass is 10.0. The Balaban J connectivity index is 1.80. The molecule has 1 aliphatic heterocycles. The van der Waals surface area contributed by atoms with Gasteiger partial charge in [0.05, 0.1) is 32.1 Å². The lowest BCUT2D eigenvalue weighted by Crippen LogP contribution is -2.47. The summed E-state index contributed by atoms with van der Waals surface area (Å²) in [7, 11) is -3.11. The van der Waals surface area contributed by atoms with Crippen LogP contribution in [-0.2, 0) is 53.7 Å². The Labute approximate surface area is 299 Å². The number of esters is 1. The van der Waals surface area contributed by atoms with Gasteiger partial charge in [-0.15, -0.1) is 0 Å². The molecule has 4 atom stereocenters. The molecule has 5 N–H and O–H groups in total. The average Bonchev–Trinajstić information content (AvgIpc) is 3.37. The van der Waals surface area contributed by atoms with Gasteiger partial charge < -0.3 is 30.9 Å². The van der Waals surface area contributed by atoms with E-state index in [1.54, 1.807) is 38.1 Å². The first kappa shape index (κ1) is 43.2. The Morgan fingerprint density at radius 2 is 1.45 bits per heavy atom. The minimum atomic E-state index is -4.60. The van der Waals surface area contributed by atoms with Crippen molar-refractivity contribution >= 4 is 49.0 Å². The van der Waals surface area contributed by atoms with Crippen LogP contribution in [0.4, 0.5) is 5.69 Å². The summed E-state index contributed by atoms with van der Waals surface area (Å²) >= 11 is 0. The van der Waals surface area contributed by atoms with Crippen LogP contribution < -0.4 is 21.3 Å². The molecule has 0 aromatic heterocycles. The van der Waals surface area contributed by atoms with E-state index in [1.165, 1.54) is 7.05 Å². The number of phosphoric ester groups is 1. The number of amides is 5. The molecule has 51 heavy (non-hydrogen) atoms. The summed E-state index contributed by atoms with van der Waals surface area (Å²) in [6, 6.07) is 6.09. The van der Waals surface area contributed by atoms with E-state index in [2.05, 4.69) is 21.3 Å². The summed E-state index contributed by atoms with van der Waals surface area (Å²) < 4.78 is 28.7. The molecule has 0 saturated carbocycles. The fraction of sp³-hybridized carbons (Fsp3) is 0.588. The molecule has 0 spiro atoms. The molecule has 1 aromatic carbocycles. The van der Waals surface area contributed by atoms with Crippen LogP contribution >= 0.6 is 7.82 Å². The van der Waals surface area contributed by atoms with Crippen molar-refractivity contribution in [3.8, 4) is 0 Å². The number of hydrogen-bond acceptors (Lipinski definition) is 11. The molecule has 0 fully saturated rings. The number of hydrogen-bond donors (Lipinski definition) is 5. The van der Waals surface area contributed by atoms with Crippen molar-refractivity contribution < 1.29 is 52.0 Å². The Morgan fingerprint density at radius 1 is 0.843 bits per heavy atom. The smallest absolute Gasteiger partial charge is 0.461 e. The van der Waals surface area contributed by atoms with Gasteiger partial charge in [0.25, 0.3) is 11.8 Å². The van der Waals surface area contributed by atoms with Crippen molar-refractivity contribution in [2.75, 3.05) is 32.0 Å². The maximum Gasteiger partial charge on any atom is 0.472 e. The zero-order valence-electron chi connectivity index (χ0n) is 30.3. The van der Waals surface area contributed by atoms with Crippen molar-refractivity contribution in [3.05, 3.63) is 42.0 Å². The zero-order valence-corrected chi connectivity index (χ0v) is 31.2. The highest BCUT2D eigenvalue weighted by molar-refractivity contribution is 7.47. The van der Waals surface area contributed by atoms with Gasteiger partial charge in [0, 0.05) is 50.4 Å². The van der Waals surface area contributed by atoms with E-state index in [0.717, 1.165) is 17.1 Å². The van der Waals surface area contributed by atoms with Crippen LogP contribution in [0.2, 0.25) is 0 Å². The molecule has 0 bridgehead atoms. The van der Waals surface area contributed by atoms with Crippen molar-refractivity contribution in [1.29, 1.82) is 0 Å². The minimum absolute atomic E-state index is 0.0101. The van der Waals surface area contributed by atoms with E-state index in [4.69, 9.17) is 13.8 Å². The van der Waals surface area contributed by atoms with Gasteiger partial charge in [0.15, 0.2) is 0 Å². The topological polar surface area (TPSA) is 219 Å². The number of phosphoric acid groups is 1. The molecule has 2 rings (SSSR count). The van der Waals surface area contributed by atoms with Crippen LogP contribution in [0.25, 0.3) is 0 Å². The monoisotopic (exact) mass is 737 g/mol. The summed E-state index contributed by atoms with van der Waals surface area (Å²) in [6.07, 6.45) is 0.307. The zero-order chi connectivity index (χ0) is 38.3. The standard InChI is InChI=1S/C34H52N5O11P/c1-21(2)26(38-29(40)14-15-39-32(43)12-13-33(39)44)18-36-19-31(42)37-25-10-8-24(9-11-25)20-48-51(46,47)50-28(23(5)6)17-34(45)49-27(22(3)4)16-30(41)35-7/h8-13,21-23,26-28,36H,14-20H2,1-7H3,(H,35,41)(H,37,42)(H,38,40)(H,46,47)/t26?,27-,28-/m0/s1. The van der Waals surface area contributed by atoms with Crippen LogP contribution in [0.3, 0.4) is 0 Å². The predicted octanol–water partition coefficient (Wildman–Crippen LogP) is 2.42. The molecule has 0 saturated heterocycles. The molecule has 16 nitrogen and oxygen atoms in total. The third-order valence-electron chi connectivity index (χ3n) is 7.97. The van der Waals surface area contributed by atoms with Crippen molar-refractivity contribution in [2.45, 2.75) is 85.7 Å². The molecular formula is C34H52N5O11P. The number of nitrogens with one attached hydrogen (secondary N) is 4. The van der Waals surface area contributed by atoms with Gasteiger partial charge in [0.1, 0.15) is 6.10 Å². The fourth-order valence-electron chi connectivity index (χ4n) is 4.66. The number of anilines is 1. The molecule has 17 heteroatoms. The molecule has 284 valence electrons. The molecular weight excluding hydrogens is 685 g/mol. The first-order valence-corrected chi connectivity index (χ1v) is 18.4. The van der Waals surface area contributed by atoms with Crippen molar-refractivity contribution in [2.24, 2.45) is 17.8 Å². The molecule has 2 unspecified atom stereocenters. The number of rotatable bonds is 22. The van der Waals surface area contributed by atoms with Crippen LogP contribution in [0, 0.1) is 17.8 Å². The number of imide groups is 1. The molecule has 0 aliphatic carbocycles. The van der Waals surface area contributed by atoms with Gasteiger partial charge in [0.2, 0.25) is 17.7 Å². The van der Waals surface area contributed by atoms with Gasteiger partial charge in [-0.2, -0.15) is 0 Å². The van der Waals surface area contributed by atoms with E-state index in [-0.39, 0.29) is 80.5 Å². The van der Waals surface area contributed by atoms with Gasteiger partial charge in [-0.1, -0.05) is 53.7 Å². The Kier molecular flexibility index (Phi) is 17.6. The number of nitrogens with zero attached hydrogens (tertiary/aromatic N) is 1. The highest BCUT2D eigenvalue weighted by atomic mass is 31.2. The highest BCUT2D eigenvalue weighted by Crippen LogP contribution is 2.47. The summed E-state index contributed by atoms with van der Waals surface area (Å²) in [4.78, 5) is 84.1. The van der Waals surface area contributed by atoms with Crippen molar-refractivity contribution in [1.82, 2.24) is 20.9 Å². The molecule has 5 amide bonds. The van der Waals surface area contributed by atoms with Crippen LogP contribution in [0.1, 0.15) is 66.4 Å². The van der Waals surface area contributed by atoms with Gasteiger partial charge in [-0.25, -0.2) is 4.57 Å². The second-order valence-electron chi connectivity index (χ2n) is 13.2. The van der Waals surface area contributed by atoms with E-state index in [0.29, 0.717) is 17.8 Å². The first-order valence-electron chi connectivity index (χ1n) is 16.9. The third-order valence-corrected chi connectivity index (χ3v) is 8.96. The van der Waals surface area contributed by atoms with Crippen LogP contribution in [0.5, 0.6) is 0 Å². The summed E-state index contributed by atoms with van der Waals surface area (Å²) in [5.74, 6) is -2.94. The summed E-state index contributed by atoms with van der Waals surface area (Å²) in [6.45, 7) is 10.8. The molecule has 1 heterocycles. The third kappa shape index (κ3) is 15.9. The highest BCUT2D eigenvalue weighted by Gasteiger charge is 2.32. The molecule has 0 radical (unpaired) electrons. The number of benzene rings is 1.